The zero-order chi connectivity index (χ0) is 23.5. The maximum Gasteiger partial charge on any atom is 0.253 e. The Bertz CT molecular complexity index is 1320. The Morgan fingerprint density at radius 1 is 1.15 bits per heavy atom. The number of amides is 1. The minimum absolute atomic E-state index is 0.198. The molecule has 0 bridgehead atoms. The van der Waals surface area contributed by atoms with Crippen molar-refractivity contribution in [1.29, 1.82) is 0 Å². The van der Waals surface area contributed by atoms with Gasteiger partial charge in [0.25, 0.3) is 5.91 Å². The second-order valence-electron chi connectivity index (χ2n) is 7.82. The minimum Gasteiger partial charge on any atom is -0.454 e. The number of anilines is 2. The summed E-state index contributed by atoms with van der Waals surface area (Å²) in [6, 6.07) is 16.1. The van der Waals surface area contributed by atoms with E-state index >= 15 is 0 Å². The molecule has 9 heteroatoms. The van der Waals surface area contributed by atoms with Crippen LogP contribution in [0.2, 0.25) is 0 Å². The summed E-state index contributed by atoms with van der Waals surface area (Å²) in [5.74, 6) is 2.12. The predicted molar refractivity (Wildman–Crippen MR) is 126 cm³/mol. The summed E-state index contributed by atoms with van der Waals surface area (Å²) < 4.78 is 12.5. The molecule has 0 radical (unpaired) electrons. The summed E-state index contributed by atoms with van der Waals surface area (Å²) in [6.07, 6.45) is 5.19. The summed E-state index contributed by atoms with van der Waals surface area (Å²) >= 11 is 0. The van der Waals surface area contributed by atoms with Gasteiger partial charge in [0, 0.05) is 35.9 Å². The standard InChI is InChI=1S/C25H23N5O4/c1-16-12-26-25(27-19-7-8-21-22(11-19)34-15-33-21)29-23(16)30-10-9-18(13-30)24(32)28-20(14-31)17-5-3-2-4-6-17/h2-13,20,31H,14-15H2,1H3,(H,28,32)(H,26,27,29)/t20-/m1/s1. The fourth-order valence-electron chi connectivity index (χ4n) is 3.68. The van der Waals surface area contributed by atoms with Gasteiger partial charge in [0.15, 0.2) is 11.5 Å². The molecule has 1 atom stereocenters. The van der Waals surface area contributed by atoms with E-state index in [9.17, 15) is 9.90 Å². The van der Waals surface area contributed by atoms with Crippen LogP contribution in [0.5, 0.6) is 11.5 Å². The first-order valence-electron chi connectivity index (χ1n) is 10.8. The number of aromatic nitrogens is 3. The largest absolute Gasteiger partial charge is 0.454 e. The number of fused-ring (bicyclic) bond motifs is 1. The van der Waals surface area contributed by atoms with E-state index in [1.165, 1.54) is 0 Å². The summed E-state index contributed by atoms with van der Waals surface area (Å²) in [6.45, 7) is 1.91. The molecule has 9 nitrogen and oxygen atoms in total. The first-order chi connectivity index (χ1) is 16.6. The Morgan fingerprint density at radius 2 is 1.97 bits per heavy atom. The van der Waals surface area contributed by atoms with Gasteiger partial charge in [0.2, 0.25) is 12.7 Å². The monoisotopic (exact) mass is 457 g/mol. The lowest BCUT2D eigenvalue weighted by Crippen LogP contribution is -2.30. The highest BCUT2D eigenvalue weighted by Crippen LogP contribution is 2.34. The first-order valence-corrected chi connectivity index (χ1v) is 10.8. The molecule has 5 rings (SSSR count). The van der Waals surface area contributed by atoms with Crippen LogP contribution in [-0.4, -0.2) is 38.9 Å². The van der Waals surface area contributed by atoms with Gasteiger partial charge in [-0.15, -0.1) is 0 Å². The van der Waals surface area contributed by atoms with E-state index in [-0.39, 0.29) is 19.3 Å². The van der Waals surface area contributed by atoms with Crippen LogP contribution in [0.15, 0.2) is 73.2 Å². The number of aliphatic hydroxyl groups excluding tert-OH is 1. The summed E-state index contributed by atoms with van der Waals surface area (Å²) in [4.78, 5) is 21.8. The van der Waals surface area contributed by atoms with E-state index in [4.69, 9.17) is 9.47 Å². The van der Waals surface area contributed by atoms with Crippen LogP contribution in [0.1, 0.15) is 27.5 Å². The molecule has 1 aliphatic rings. The van der Waals surface area contributed by atoms with E-state index in [1.807, 2.05) is 55.5 Å². The van der Waals surface area contributed by atoms with Crippen molar-refractivity contribution in [2.24, 2.45) is 0 Å². The van der Waals surface area contributed by atoms with Crippen molar-refractivity contribution in [2.75, 3.05) is 18.7 Å². The Labute approximate surface area is 196 Å². The molecule has 0 unspecified atom stereocenters. The third-order valence-electron chi connectivity index (χ3n) is 5.46. The Kier molecular flexibility index (Phi) is 5.84. The third-order valence-corrected chi connectivity index (χ3v) is 5.46. The van der Waals surface area contributed by atoms with Crippen molar-refractivity contribution in [2.45, 2.75) is 13.0 Å². The SMILES string of the molecule is Cc1cnc(Nc2ccc3c(c2)OCO3)nc1-n1ccc(C(=O)N[C@H](CO)c2ccccc2)c1. The molecular formula is C25H23N5O4. The molecule has 0 saturated heterocycles. The number of benzene rings is 2. The van der Waals surface area contributed by atoms with Gasteiger partial charge >= 0.3 is 0 Å². The molecule has 1 aliphatic heterocycles. The Balaban J connectivity index is 1.33. The number of nitrogens with zero attached hydrogens (tertiary/aromatic N) is 3. The number of rotatable bonds is 7. The number of aryl methyl sites for hydroxylation is 1. The van der Waals surface area contributed by atoms with Crippen molar-refractivity contribution in [1.82, 2.24) is 19.9 Å². The van der Waals surface area contributed by atoms with Gasteiger partial charge in [0.1, 0.15) is 5.82 Å². The highest BCUT2D eigenvalue weighted by molar-refractivity contribution is 5.94. The van der Waals surface area contributed by atoms with Gasteiger partial charge in [-0.05, 0) is 30.7 Å². The fraction of sp³-hybridized carbons (Fsp3) is 0.160. The zero-order valence-corrected chi connectivity index (χ0v) is 18.4. The van der Waals surface area contributed by atoms with E-state index in [0.717, 1.165) is 16.8 Å². The summed E-state index contributed by atoms with van der Waals surface area (Å²) in [5, 5.41) is 15.8. The van der Waals surface area contributed by atoms with Gasteiger partial charge < -0.3 is 29.8 Å². The van der Waals surface area contributed by atoms with Crippen molar-refractivity contribution in [3.63, 3.8) is 0 Å². The van der Waals surface area contributed by atoms with Crippen molar-refractivity contribution in [3.05, 3.63) is 89.9 Å². The third kappa shape index (κ3) is 4.41. The second kappa shape index (κ2) is 9.24. The van der Waals surface area contributed by atoms with Gasteiger partial charge in [-0.2, -0.15) is 4.98 Å². The normalized spacial score (nSPS) is 12.9. The molecule has 0 spiro atoms. The predicted octanol–water partition coefficient (Wildman–Crippen LogP) is 3.51. The summed E-state index contributed by atoms with van der Waals surface area (Å²) in [5.41, 5.74) is 2.90. The molecule has 0 saturated carbocycles. The number of ether oxygens (including phenoxy) is 2. The average Bonchev–Trinajstić information content (AvgIpc) is 3.54. The van der Waals surface area contributed by atoms with Crippen LogP contribution in [0.4, 0.5) is 11.6 Å². The lowest BCUT2D eigenvalue weighted by molar-refractivity contribution is 0.0916. The number of hydrogen-bond donors (Lipinski definition) is 3. The highest BCUT2D eigenvalue weighted by Gasteiger charge is 2.17. The quantitative estimate of drug-likeness (QED) is 0.389. The molecule has 1 amide bonds. The second-order valence-corrected chi connectivity index (χ2v) is 7.82. The average molecular weight is 457 g/mol. The molecule has 3 heterocycles. The minimum atomic E-state index is -0.490. The number of carbonyl (C=O) groups excluding carboxylic acids is 1. The Morgan fingerprint density at radius 3 is 2.79 bits per heavy atom. The van der Waals surface area contributed by atoms with Crippen molar-refractivity contribution in [3.8, 4) is 17.3 Å². The smallest absolute Gasteiger partial charge is 0.253 e. The van der Waals surface area contributed by atoms with Crippen molar-refractivity contribution < 1.29 is 19.4 Å². The van der Waals surface area contributed by atoms with Crippen LogP contribution >= 0.6 is 0 Å². The fourth-order valence-corrected chi connectivity index (χ4v) is 3.68. The molecule has 2 aromatic heterocycles. The number of hydrogen-bond acceptors (Lipinski definition) is 7. The summed E-state index contributed by atoms with van der Waals surface area (Å²) in [7, 11) is 0. The van der Waals surface area contributed by atoms with Crippen molar-refractivity contribution >= 4 is 17.5 Å². The van der Waals surface area contributed by atoms with Gasteiger partial charge in [-0.1, -0.05) is 30.3 Å². The number of nitrogens with one attached hydrogen (secondary N) is 2. The number of aliphatic hydroxyl groups is 1. The highest BCUT2D eigenvalue weighted by atomic mass is 16.7. The molecule has 3 N–H and O–H groups in total. The topological polar surface area (TPSA) is 111 Å². The van der Waals surface area contributed by atoms with Crippen LogP contribution in [0.3, 0.4) is 0 Å². The molecule has 0 fully saturated rings. The van der Waals surface area contributed by atoms with E-state index in [2.05, 4.69) is 20.6 Å². The Hall–Kier alpha value is -4.37. The molecule has 172 valence electrons. The van der Waals surface area contributed by atoms with Gasteiger partial charge in [-0.25, -0.2) is 4.98 Å². The lowest BCUT2D eigenvalue weighted by Gasteiger charge is -2.16. The zero-order valence-electron chi connectivity index (χ0n) is 18.4. The molecule has 2 aromatic carbocycles. The van der Waals surface area contributed by atoms with E-state index < -0.39 is 6.04 Å². The molecule has 34 heavy (non-hydrogen) atoms. The van der Waals surface area contributed by atoms with E-state index in [1.54, 1.807) is 29.2 Å². The molecule has 4 aromatic rings. The maximum atomic E-state index is 12.8. The van der Waals surface area contributed by atoms with Crippen LogP contribution in [-0.2, 0) is 0 Å². The molecular weight excluding hydrogens is 434 g/mol. The molecule has 0 aliphatic carbocycles. The number of carbonyl (C=O) groups is 1. The van der Waals surface area contributed by atoms with Gasteiger partial charge in [-0.3, -0.25) is 4.79 Å². The van der Waals surface area contributed by atoms with Crippen LogP contribution < -0.4 is 20.1 Å². The van der Waals surface area contributed by atoms with Crippen LogP contribution in [0, 0.1) is 6.92 Å². The van der Waals surface area contributed by atoms with Gasteiger partial charge in [0.05, 0.1) is 18.2 Å². The van der Waals surface area contributed by atoms with Crippen LogP contribution in [0.25, 0.3) is 5.82 Å². The maximum absolute atomic E-state index is 12.8. The van der Waals surface area contributed by atoms with E-state index in [0.29, 0.717) is 28.8 Å². The lowest BCUT2D eigenvalue weighted by atomic mass is 10.1. The first kappa shape index (κ1) is 21.5.